The highest BCUT2D eigenvalue weighted by molar-refractivity contribution is 6.31. The third-order valence-electron chi connectivity index (χ3n) is 5.10. The minimum Gasteiger partial charge on any atom is -0.319 e. The molecule has 1 N–H and O–H groups in total. The summed E-state index contributed by atoms with van der Waals surface area (Å²) in [6.07, 6.45) is 7.46. The molecule has 3 heteroatoms. The normalized spacial score (nSPS) is 23.5. The van der Waals surface area contributed by atoms with Gasteiger partial charge in [-0.25, -0.2) is 4.39 Å². The molecule has 3 rings (SSSR count). The summed E-state index contributed by atoms with van der Waals surface area (Å²) in [5, 5.41) is 3.83. The Morgan fingerprint density at radius 3 is 2.53 bits per heavy atom. The molecule has 104 valence electrons. The van der Waals surface area contributed by atoms with Gasteiger partial charge in [-0.3, -0.25) is 0 Å². The SMILES string of the molecule is CNCC1(c2c(F)cccc2Cl)CC2(CCCC2)C1. The fraction of sp³-hybridized carbons (Fsp3) is 0.625. The van der Waals surface area contributed by atoms with Crippen molar-refractivity contribution in [3.05, 3.63) is 34.6 Å². The van der Waals surface area contributed by atoms with Crippen LogP contribution in [0.1, 0.15) is 44.1 Å². The van der Waals surface area contributed by atoms with E-state index in [-0.39, 0.29) is 11.2 Å². The van der Waals surface area contributed by atoms with Crippen molar-refractivity contribution in [2.45, 2.75) is 43.9 Å². The Bertz CT molecular complexity index is 451. The summed E-state index contributed by atoms with van der Waals surface area (Å²) in [7, 11) is 1.94. The van der Waals surface area contributed by atoms with Crippen LogP contribution >= 0.6 is 11.6 Å². The molecular weight excluding hydrogens is 261 g/mol. The third-order valence-corrected chi connectivity index (χ3v) is 5.41. The summed E-state index contributed by atoms with van der Waals surface area (Å²) in [6, 6.07) is 5.05. The Balaban J connectivity index is 1.94. The molecule has 0 heterocycles. The zero-order valence-electron chi connectivity index (χ0n) is 11.4. The van der Waals surface area contributed by atoms with Gasteiger partial charge in [0.05, 0.1) is 0 Å². The Morgan fingerprint density at radius 2 is 1.95 bits per heavy atom. The molecule has 1 aromatic carbocycles. The van der Waals surface area contributed by atoms with Crippen LogP contribution in [0, 0.1) is 11.2 Å². The lowest BCUT2D eigenvalue weighted by Crippen LogP contribution is -2.54. The second-order valence-corrected chi connectivity index (χ2v) is 6.88. The molecule has 2 saturated carbocycles. The first kappa shape index (κ1) is 13.4. The molecule has 2 aliphatic carbocycles. The van der Waals surface area contributed by atoms with E-state index in [1.54, 1.807) is 6.07 Å². The van der Waals surface area contributed by atoms with E-state index in [4.69, 9.17) is 11.6 Å². The van der Waals surface area contributed by atoms with Crippen LogP contribution < -0.4 is 5.32 Å². The predicted molar refractivity (Wildman–Crippen MR) is 77.1 cm³/mol. The smallest absolute Gasteiger partial charge is 0.128 e. The van der Waals surface area contributed by atoms with Crippen molar-refractivity contribution in [2.24, 2.45) is 5.41 Å². The lowest BCUT2D eigenvalue weighted by molar-refractivity contribution is 0.0260. The van der Waals surface area contributed by atoms with Gasteiger partial charge in [0.25, 0.3) is 0 Å². The number of nitrogens with one attached hydrogen (secondary N) is 1. The minimum absolute atomic E-state index is 0.0957. The molecule has 1 spiro atoms. The van der Waals surface area contributed by atoms with E-state index in [2.05, 4.69) is 5.32 Å². The van der Waals surface area contributed by atoms with Crippen molar-refractivity contribution in [3.8, 4) is 0 Å². The summed E-state index contributed by atoms with van der Waals surface area (Å²) in [5.74, 6) is -0.143. The largest absolute Gasteiger partial charge is 0.319 e. The summed E-state index contributed by atoms with van der Waals surface area (Å²) in [6.45, 7) is 0.815. The number of rotatable bonds is 3. The van der Waals surface area contributed by atoms with Crippen molar-refractivity contribution >= 4 is 11.6 Å². The first-order valence-electron chi connectivity index (χ1n) is 7.20. The highest BCUT2D eigenvalue weighted by Gasteiger charge is 2.56. The summed E-state index contributed by atoms with van der Waals surface area (Å²) >= 11 is 6.29. The molecule has 0 aromatic heterocycles. The Labute approximate surface area is 119 Å². The fourth-order valence-corrected chi connectivity index (χ4v) is 4.96. The van der Waals surface area contributed by atoms with Gasteiger partial charge in [-0.05, 0) is 50.3 Å². The van der Waals surface area contributed by atoms with Crippen LogP contribution in [0.4, 0.5) is 4.39 Å². The first-order valence-corrected chi connectivity index (χ1v) is 7.58. The fourth-order valence-electron chi connectivity index (χ4n) is 4.60. The standard InChI is InChI=1S/C16H21ClFN/c1-19-11-16(9-15(10-16)7-2-3-8-15)14-12(17)5-4-6-13(14)18/h4-6,19H,2-3,7-11H2,1H3. The van der Waals surface area contributed by atoms with Crippen LogP contribution in [0.3, 0.4) is 0 Å². The first-order chi connectivity index (χ1) is 9.11. The third kappa shape index (κ3) is 2.09. The van der Waals surface area contributed by atoms with Crippen LogP contribution in [0.5, 0.6) is 0 Å². The minimum atomic E-state index is -0.143. The van der Waals surface area contributed by atoms with E-state index in [9.17, 15) is 4.39 Å². The second kappa shape index (κ2) is 4.75. The average Bonchev–Trinajstić information content (AvgIpc) is 2.77. The van der Waals surface area contributed by atoms with Gasteiger partial charge in [-0.1, -0.05) is 30.5 Å². The van der Waals surface area contributed by atoms with Gasteiger partial charge >= 0.3 is 0 Å². The van der Waals surface area contributed by atoms with Crippen molar-refractivity contribution in [3.63, 3.8) is 0 Å². The monoisotopic (exact) mass is 281 g/mol. The molecule has 19 heavy (non-hydrogen) atoms. The van der Waals surface area contributed by atoms with E-state index < -0.39 is 0 Å². The maximum atomic E-state index is 14.3. The molecule has 1 nitrogen and oxygen atoms in total. The van der Waals surface area contributed by atoms with Gasteiger partial charge < -0.3 is 5.32 Å². The average molecular weight is 282 g/mol. The molecular formula is C16H21ClFN. The van der Waals surface area contributed by atoms with Gasteiger partial charge in [0, 0.05) is 22.5 Å². The van der Waals surface area contributed by atoms with Crippen LogP contribution in [0.2, 0.25) is 5.02 Å². The van der Waals surface area contributed by atoms with Gasteiger partial charge in [-0.2, -0.15) is 0 Å². The molecule has 0 unspecified atom stereocenters. The molecule has 2 fully saturated rings. The van der Waals surface area contributed by atoms with Gasteiger partial charge in [0.2, 0.25) is 0 Å². The van der Waals surface area contributed by atoms with Crippen molar-refractivity contribution < 1.29 is 4.39 Å². The quantitative estimate of drug-likeness (QED) is 0.871. The van der Waals surface area contributed by atoms with Crippen LogP contribution in [-0.2, 0) is 5.41 Å². The summed E-state index contributed by atoms with van der Waals surface area (Å²) < 4.78 is 14.3. The number of likely N-dealkylation sites (N-methyl/N-ethyl adjacent to an activating group) is 1. The van der Waals surface area contributed by atoms with Gasteiger partial charge in [0.15, 0.2) is 0 Å². The van der Waals surface area contributed by atoms with Crippen LogP contribution in [-0.4, -0.2) is 13.6 Å². The molecule has 1 aromatic rings. The van der Waals surface area contributed by atoms with E-state index in [0.717, 1.165) is 24.9 Å². The second-order valence-electron chi connectivity index (χ2n) is 6.47. The highest BCUT2D eigenvalue weighted by Crippen LogP contribution is 2.63. The highest BCUT2D eigenvalue weighted by atomic mass is 35.5. The maximum absolute atomic E-state index is 14.3. The van der Waals surface area contributed by atoms with Crippen molar-refractivity contribution in [1.29, 1.82) is 0 Å². The zero-order valence-corrected chi connectivity index (χ0v) is 12.2. The van der Waals surface area contributed by atoms with Crippen molar-refractivity contribution in [2.75, 3.05) is 13.6 Å². The van der Waals surface area contributed by atoms with Crippen LogP contribution in [0.25, 0.3) is 0 Å². The van der Waals surface area contributed by atoms with E-state index >= 15 is 0 Å². The van der Waals surface area contributed by atoms with Gasteiger partial charge in [-0.15, -0.1) is 0 Å². The van der Waals surface area contributed by atoms with Gasteiger partial charge in [0.1, 0.15) is 5.82 Å². The lowest BCUT2D eigenvalue weighted by Gasteiger charge is -2.56. The Kier molecular flexibility index (Phi) is 3.34. The van der Waals surface area contributed by atoms with E-state index in [1.807, 2.05) is 13.1 Å². The predicted octanol–water partition coefficient (Wildman–Crippen LogP) is 4.29. The Hall–Kier alpha value is -0.600. The Morgan fingerprint density at radius 1 is 1.26 bits per heavy atom. The zero-order chi connectivity index (χ0) is 13.5. The molecule has 0 radical (unpaired) electrons. The molecule has 0 bridgehead atoms. The van der Waals surface area contributed by atoms with Crippen molar-refractivity contribution in [1.82, 2.24) is 5.32 Å². The van der Waals surface area contributed by atoms with E-state index in [0.29, 0.717) is 10.4 Å². The molecule has 0 atom stereocenters. The molecule has 0 saturated heterocycles. The van der Waals surface area contributed by atoms with E-state index in [1.165, 1.54) is 31.7 Å². The number of hydrogen-bond donors (Lipinski definition) is 1. The topological polar surface area (TPSA) is 12.0 Å². The number of benzene rings is 1. The maximum Gasteiger partial charge on any atom is 0.128 e. The molecule has 0 amide bonds. The summed E-state index contributed by atoms with van der Waals surface area (Å²) in [4.78, 5) is 0. The summed E-state index contributed by atoms with van der Waals surface area (Å²) in [5.41, 5.74) is 1.12. The number of halogens is 2. The number of hydrogen-bond acceptors (Lipinski definition) is 1. The van der Waals surface area contributed by atoms with Crippen LogP contribution in [0.15, 0.2) is 18.2 Å². The molecule has 0 aliphatic heterocycles. The molecule has 2 aliphatic rings. The lowest BCUT2D eigenvalue weighted by atomic mass is 9.49.